The molecular formula is C21H26F3N3O4S. The van der Waals surface area contributed by atoms with Crippen LogP contribution >= 0.6 is 11.3 Å². The number of hydrogen-bond acceptors (Lipinski definition) is 6. The number of fused-ring (bicyclic) bond motifs is 1. The zero-order valence-corrected chi connectivity index (χ0v) is 19.2. The normalized spacial score (nSPS) is 15.7. The Balaban J connectivity index is 1.70. The van der Waals surface area contributed by atoms with Crippen molar-refractivity contribution in [2.24, 2.45) is 5.92 Å². The number of alkyl halides is 3. The molecule has 2 aromatic rings. The standard InChI is InChI=1S/C21H26F3N3O4S/c1-20(2,3)31-19(29)27-7-5-12(6-8-27)10-30-15-9-14(21(22,23)24)17-16(26-15)13(11-32-17)18(28)25-4/h9,11-12H,5-8,10H2,1-4H3,(H,25,28). The van der Waals surface area contributed by atoms with Crippen LogP contribution in [0.25, 0.3) is 10.2 Å². The van der Waals surface area contributed by atoms with Gasteiger partial charge in [0.1, 0.15) is 5.60 Å². The third kappa shape index (κ3) is 5.62. The number of thiophene rings is 1. The van der Waals surface area contributed by atoms with Gasteiger partial charge < -0.3 is 19.7 Å². The summed E-state index contributed by atoms with van der Waals surface area (Å²) in [5.41, 5.74) is -1.40. The number of likely N-dealkylation sites (tertiary alicyclic amines) is 1. The molecule has 0 aliphatic carbocycles. The Labute approximate surface area is 187 Å². The number of pyridine rings is 1. The SMILES string of the molecule is CNC(=O)c1csc2c(C(F)(F)F)cc(OCC3CCN(C(=O)OC(C)(C)C)CC3)nc12. The Bertz CT molecular complexity index is 993. The monoisotopic (exact) mass is 473 g/mol. The van der Waals surface area contributed by atoms with E-state index in [0.29, 0.717) is 25.9 Å². The van der Waals surface area contributed by atoms with Gasteiger partial charge in [0.15, 0.2) is 0 Å². The molecule has 1 aliphatic rings. The third-order valence-electron chi connectivity index (χ3n) is 5.01. The summed E-state index contributed by atoms with van der Waals surface area (Å²) >= 11 is 0.824. The van der Waals surface area contributed by atoms with Gasteiger partial charge in [-0.05, 0) is 39.5 Å². The summed E-state index contributed by atoms with van der Waals surface area (Å²) in [6.07, 6.45) is -3.72. The molecule has 0 unspecified atom stereocenters. The molecule has 1 aliphatic heterocycles. The molecule has 0 spiro atoms. The Morgan fingerprint density at radius 1 is 1.25 bits per heavy atom. The van der Waals surface area contributed by atoms with Gasteiger partial charge in [0.05, 0.1) is 28.0 Å². The van der Waals surface area contributed by atoms with E-state index < -0.39 is 23.2 Å². The summed E-state index contributed by atoms with van der Waals surface area (Å²) in [5.74, 6) is -0.632. The topological polar surface area (TPSA) is 80.8 Å². The molecule has 0 atom stereocenters. The molecular weight excluding hydrogens is 447 g/mol. The number of amides is 2. The number of nitrogens with zero attached hydrogens (tertiary/aromatic N) is 2. The molecule has 0 radical (unpaired) electrons. The second-order valence-corrected chi connectivity index (χ2v) is 9.51. The summed E-state index contributed by atoms with van der Waals surface area (Å²) in [5, 5.41) is 3.77. The van der Waals surface area contributed by atoms with Crippen molar-refractivity contribution in [2.45, 2.75) is 45.4 Å². The van der Waals surface area contributed by atoms with E-state index in [0.717, 1.165) is 17.4 Å². The van der Waals surface area contributed by atoms with Crippen molar-refractivity contribution in [3.63, 3.8) is 0 Å². The fraction of sp³-hybridized carbons (Fsp3) is 0.571. The van der Waals surface area contributed by atoms with Gasteiger partial charge in [-0.15, -0.1) is 11.3 Å². The maximum Gasteiger partial charge on any atom is 0.418 e. The number of carbonyl (C=O) groups excluding carboxylic acids is 2. The smallest absolute Gasteiger partial charge is 0.418 e. The first-order chi connectivity index (χ1) is 14.9. The Morgan fingerprint density at radius 2 is 1.91 bits per heavy atom. The summed E-state index contributed by atoms with van der Waals surface area (Å²) < 4.78 is 51.7. The van der Waals surface area contributed by atoms with Crippen molar-refractivity contribution < 1.29 is 32.2 Å². The Morgan fingerprint density at radius 3 is 2.47 bits per heavy atom. The predicted octanol–water partition coefficient (Wildman–Crippen LogP) is 4.70. The minimum atomic E-state index is -4.61. The van der Waals surface area contributed by atoms with Crippen molar-refractivity contribution in [3.8, 4) is 5.88 Å². The summed E-state index contributed by atoms with van der Waals surface area (Å²) in [7, 11) is 1.40. The molecule has 3 heterocycles. The average molecular weight is 474 g/mol. The van der Waals surface area contributed by atoms with Crippen LogP contribution in [0.5, 0.6) is 5.88 Å². The largest absolute Gasteiger partial charge is 0.477 e. The summed E-state index contributed by atoms with van der Waals surface area (Å²) in [4.78, 5) is 30.0. The first kappa shape index (κ1) is 24.1. The first-order valence-electron chi connectivity index (χ1n) is 10.2. The molecule has 3 rings (SSSR count). The van der Waals surface area contributed by atoms with E-state index in [9.17, 15) is 22.8 Å². The van der Waals surface area contributed by atoms with Crippen molar-refractivity contribution in [1.29, 1.82) is 0 Å². The molecule has 32 heavy (non-hydrogen) atoms. The highest BCUT2D eigenvalue weighted by molar-refractivity contribution is 7.17. The van der Waals surface area contributed by atoms with E-state index in [2.05, 4.69) is 10.3 Å². The van der Waals surface area contributed by atoms with E-state index in [1.54, 1.807) is 25.7 Å². The number of rotatable bonds is 4. The van der Waals surface area contributed by atoms with E-state index in [4.69, 9.17) is 9.47 Å². The second kappa shape index (κ2) is 9.13. The third-order valence-corrected chi connectivity index (χ3v) is 6.01. The first-order valence-corrected chi connectivity index (χ1v) is 11.1. The predicted molar refractivity (Wildman–Crippen MR) is 114 cm³/mol. The Hall–Kier alpha value is -2.56. The van der Waals surface area contributed by atoms with Crippen molar-refractivity contribution in [2.75, 3.05) is 26.7 Å². The van der Waals surface area contributed by atoms with Gasteiger partial charge in [0, 0.05) is 31.6 Å². The van der Waals surface area contributed by atoms with Crippen LogP contribution in [0.15, 0.2) is 11.4 Å². The lowest BCUT2D eigenvalue weighted by molar-refractivity contribution is -0.136. The average Bonchev–Trinajstić information content (AvgIpc) is 3.13. The molecule has 1 N–H and O–H groups in total. The van der Waals surface area contributed by atoms with Crippen LogP contribution in [0.2, 0.25) is 0 Å². The van der Waals surface area contributed by atoms with Crippen LogP contribution < -0.4 is 10.1 Å². The molecule has 0 aromatic carbocycles. The molecule has 2 amide bonds. The minimum absolute atomic E-state index is 0.0288. The van der Waals surface area contributed by atoms with Crippen LogP contribution in [0.4, 0.5) is 18.0 Å². The molecule has 0 saturated carbocycles. The highest BCUT2D eigenvalue weighted by Crippen LogP contribution is 2.40. The number of carbonyl (C=O) groups is 2. The molecule has 1 fully saturated rings. The molecule has 176 valence electrons. The highest BCUT2D eigenvalue weighted by Gasteiger charge is 2.36. The number of aromatic nitrogens is 1. The van der Waals surface area contributed by atoms with Crippen molar-refractivity contribution in [1.82, 2.24) is 15.2 Å². The number of hydrogen-bond donors (Lipinski definition) is 1. The van der Waals surface area contributed by atoms with Crippen LogP contribution in [0.3, 0.4) is 0 Å². The van der Waals surface area contributed by atoms with Gasteiger partial charge in [0.25, 0.3) is 5.91 Å². The maximum absolute atomic E-state index is 13.6. The molecule has 2 aromatic heterocycles. The van der Waals surface area contributed by atoms with Crippen LogP contribution in [-0.4, -0.2) is 54.2 Å². The van der Waals surface area contributed by atoms with E-state index >= 15 is 0 Å². The number of ether oxygens (including phenoxy) is 2. The molecule has 0 bridgehead atoms. The number of halogens is 3. The van der Waals surface area contributed by atoms with Gasteiger partial charge in [-0.1, -0.05) is 0 Å². The lowest BCUT2D eigenvalue weighted by atomic mass is 9.98. The maximum atomic E-state index is 13.6. The fourth-order valence-electron chi connectivity index (χ4n) is 3.38. The van der Waals surface area contributed by atoms with Crippen molar-refractivity contribution in [3.05, 3.63) is 22.6 Å². The van der Waals surface area contributed by atoms with E-state index in [-0.39, 0.29) is 40.3 Å². The summed E-state index contributed by atoms with van der Waals surface area (Å²) in [6, 6.07) is 0.877. The lowest BCUT2D eigenvalue weighted by Crippen LogP contribution is -2.42. The lowest BCUT2D eigenvalue weighted by Gasteiger charge is -2.33. The zero-order chi connectivity index (χ0) is 23.7. The molecule has 11 heteroatoms. The van der Waals surface area contributed by atoms with Gasteiger partial charge in [-0.25, -0.2) is 9.78 Å². The fourth-order valence-corrected chi connectivity index (χ4v) is 4.40. The van der Waals surface area contributed by atoms with Gasteiger partial charge in [0.2, 0.25) is 5.88 Å². The highest BCUT2D eigenvalue weighted by atomic mass is 32.1. The van der Waals surface area contributed by atoms with Gasteiger partial charge in [-0.2, -0.15) is 13.2 Å². The number of piperidine rings is 1. The Kier molecular flexibility index (Phi) is 6.87. The number of nitrogens with one attached hydrogen (secondary N) is 1. The van der Waals surface area contributed by atoms with Gasteiger partial charge in [-0.3, -0.25) is 4.79 Å². The van der Waals surface area contributed by atoms with E-state index in [1.165, 1.54) is 12.4 Å². The second-order valence-electron chi connectivity index (χ2n) is 8.63. The zero-order valence-electron chi connectivity index (χ0n) is 18.3. The molecule has 1 saturated heterocycles. The van der Waals surface area contributed by atoms with Gasteiger partial charge >= 0.3 is 12.3 Å². The van der Waals surface area contributed by atoms with Crippen molar-refractivity contribution >= 4 is 33.6 Å². The minimum Gasteiger partial charge on any atom is -0.477 e. The summed E-state index contributed by atoms with van der Waals surface area (Å²) in [6.45, 7) is 6.52. The molecule has 7 nitrogen and oxygen atoms in total. The van der Waals surface area contributed by atoms with Crippen LogP contribution in [0.1, 0.15) is 49.5 Å². The van der Waals surface area contributed by atoms with Crippen LogP contribution in [0, 0.1) is 5.92 Å². The quantitative estimate of drug-likeness (QED) is 0.696. The van der Waals surface area contributed by atoms with Crippen LogP contribution in [-0.2, 0) is 10.9 Å². The van der Waals surface area contributed by atoms with E-state index in [1.807, 2.05) is 0 Å².